The van der Waals surface area contributed by atoms with Gasteiger partial charge in [0, 0.05) is 18.2 Å². The molecule has 0 fully saturated rings. The Labute approximate surface area is 145 Å². The van der Waals surface area contributed by atoms with Gasteiger partial charge in [0.1, 0.15) is 5.82 Å². The Morgan fingerprint density at radius 1 is 1.20 bits per heavy atom. The normalized spacial score (nSPS) is 16.7. The first-order valence-electron chi connectivity index (χ1n) is 8.12. The second-order valence-corrected chi connectivity index (χ2v) is 6.12. The van der Waals surface area contributed by atoms with Gasteiger partial charge in [-0.15, -0.1) is 0 Å². The monoisotopic (exact) mass is 338 g/mol. The molecule has 1 heterocycles. The zero-order chi connectivity index (χ0) is 18.0. The average Bonchev–Trinajstić information content (AvgIpc) is 2.61. The molecule has 0 aliphatic carbocycles. The zero-order valence-corrected chi connectivity index (χ0v) is 13.9. The third-order valence-corrected chi connectivity index (χ3v) is 4.54. The van der Waals surface area contributed by atoms with Crippen LogP contribution in [0.1, 0.15) is 40.0 Å². The summed E-state index contributed by atoms with van der Waals surface area (Å²) in [5.41, 5.74) is 8.37. The van der Waals surface area contributed by atoms with Crippen molar-refractivity contribution in [2.24, 2.45) is 5.73 Å². The highest BCUT2D eigenvalue weighted by Gasteiger charge is 2.26. The van der Waals surface area contributed by atoms with Crippen molar-refractivity contribution in [3.63, 3.8) is 0 Å². The molecule has 25 heavy (non-hydrogen) atoms. The van der Waals surface area contributed by atoms with Gasteiger partial charge in [-0.1, -0.05) is 18.2 Å². The van der Waals surface area contributed by atoms with Crippen LogP contribution >= 0.6 is 0 Å². The van der Waals surface area contributed by atoms with Crippen LogP contribution in [-0.2, 0) is 11.2 Å². The lowest BCUT2D eigenvalue weighted by atomic mass is 9.93. The lowest BCUT2D eigenvalue weighted by molar-refractivity contribution is -0.128. The van der Waals surface area contributed by atoms with E-state index < -0.39 is 5.91 Å². The van der Waals surface area contributed by atoms with E-state index in [2.05, 4.69) is 0 Å². The highest BCUT2D eigenvalue weighted by Crippen LogP contribution is 2.30. The van der Waals surface area contributed by atoms with Crippen molar-refractivity contribution in [2.75, 3.05) is 6.54 Å². The molecule has 1 unspecified atom stereocenters. The Kier molecular flexibility index (Phi) is 4.65. The lowest BCUT2D eigenvalue weighted by Crippen LogP contribution is -2.37. The maximum atomic E-state index is 13.5. The molecule has 5 heteroatoms. The highest BCUT2D eigenvalue weighted by atomic mass is 19.1. The van der Waals surface area contributed by atoms with E-state index >= 15 is 0 Å². The SMILES string of the molecule is CC1c2cc(F)ccc2CCN1C(=O)C=Cc1ccc(C(N)=O)cc1. The number of carbonyl (C=O) groups excluding carboxylic acids is 2. The molecule has 2 N–H and O–H groups in total. The molecular formula is C20H19FN2O2. The number of fused-ring (bicyclic) bond motifs is 1. The maximum absolute atomic E-state index is 13.5. The van der Waals surface area contributed by atoms with E-state index in [-0.39, 0.29) is 17.8 Å². The summed E-state index contributed by atoms with van der Waals surface area (Å²) in [5.74, 6) is -0.897. The van der Waals surface area contributed by atoms with E-state index in [1.165, 1.54) is 18.2 Å². The number of hydrogen-bond donors (Lipinski definition) is 1. The van der Waals surface area contributed by atoms with E-state index in [1.807, 2.05) is 6.92 Å². The molecule has 3 rings (SSSR count). The summed E-state index contributed by atoms with van der Waals surface area (Å²) in [6.07, 6.45) is 3.91. The smallest absolute Gasteiger partial charge is 0.248 e. The molecule has 128 valence electrons. The molecule has 0 saturated carbocycles. The van der Waals surface area contributed by atoms with Crippen LogP contribution in [0.5, 0.6) is 0 Å². The van der Waals surface area contributed by atoms with Crippen molar-refractivity contribution in [1.29, 1.82) is 0 Å². The predicted molar refractivity (Wildman–Crippen MR) is 94.2 cm³/mol. The van der Waals surface area contributed by atoms with Gasteiger partial charge in [-0.05, 0) is 60.4 Å². The first-order valence-corrected chi connectivity index (χ1v) is 8.12. The topological polar surface area (TPSA) is 63.4 Å². The van der Waals surface area contributed by atoms with Crippen LogP contribution in [-0.4, -0.2) is 23.3 Å². The van der Waals surface area contributed by atoms with Gasteiger partial charge < -0.3 is 10.6 Å². The molecule has 1 atom stereocenters. The Hall–Kier alpha value is -2.95. The molecule has 0 spiro atoms. The minimum absolute atomic E-state index is 0.124. The van der Waals surface area contributed by atoms with Crippen LogP contribution in [0.3, 0.4) is 0 Å². The van der Waals surface area contributed by atoms with Crippen LogP contribution < -0.4 is 5.73 Å². The maximum Gasteiger partial charge on any atom is 0.248 e. The molecular weight excluding hydrogens is 319 g/mol. The zero-order valence-electron chi connectivity index (χ0n) is 13.9. The molecule has 2 aromatic rings. The summed E-state index contributed by atoms with van der Waals surface area (Å²) in [6.45, 7) is 2.51. The molecule has 0 aromatic heterocycles. The van der Waals surface area contributed by atoms with Gasteiger partial charge in [-0.2, -0.15) is 0 Å². The summed E-state index contributed by atoms with van der Waals surface area (Å²) >= 11 is 0. The van der Waals surface area contributed by atoms with Crippen molar-refractivity contribution in [2.45, 2.75) is 19.4 Å². The van der Waals surface area contributed by atoms with Gasteiger partial charge in [-0.3, -0.25) is 9.59 Å². The van der Waals surface area contributed by atoms with Gasteiger partial charge in [0.25, 0.3) is 0 Å². The Bertz CT molecular complexity index is 843. The van der Waals surface area contributed by atoms with E-state index in [4.69, 9.17) is 5.73 Å². The average molecular weight is 338 g/mol. The van der Waals surface area contributed by atoms with Crippen molar-refractivity contribution < 1.29 is 14.0 Å². The van der Waals surface area contributed by atoms with Gasteiger partial charge >= 0.3 is 0 Å². The van der Waals surface area contributed by atoms with Gasteiger partial charge in [-0.25, -0.2) is 4.39 Å². The quantitative estimate of drug-likeness (QED) is 0.874. The van der Waals surface area contributed by atoms with E-state index in [9.17, 15) is 14.0 Å². The second kappa shape index (κ2) is 6.89. The van der Waals surface area contributed by atoms with E-state index in [0.29, 0.717) is 18.5 Å². The van der Waals surface area contributed by atoms with Crippen LogP contribution in [0.25, 0.3) is 6.08 Å². The Balaban J connectivity index is 1.74. The highest BCUT2D eigenvalue weighted by molar-refractivity contribution is 5.94. The standard InChI is InChI=1S/C20H19FN2O2/c1-13-18-12-17(21)8-7-15(18)10-11-23(13)19(24)9-4-14-2-5-16(6-3-14)20(22)25/h2-9,12-13H,10-11H2,1H3,(H2,22,25). The predicted octanol–water partition coefficient (Wildman–Crippen LogP) is 3.08. The third kappa shape index (κ3) is 3.60. The molecule has 0 saturated heterocycles. The first kappa shape index (κ1) is 16.9. The van der Waals surface area contributed by atoms with Gasteiger partial charge in [0.15, 0.2) is 0 Å². The molecule has 1 aliphatic heterocycles. The van der Waals surface area contributed by atoms with E-state index in [1.54, 1.807) is 41.3 Å². The number of rotatable bonds is 3. The third-order valence-electron chi connectivity index (χ3n) is 4.54. The van der Waals surface area contributed by atoms with Crippen molar-refractivity contribution >= 4 is 17.9 Å². The molecule has 4 nitrogen and oxygen atoms in total. The van der Waals surface area contributed by atoms with Crippen LogP contribution in [0.15, 0.2) is 48.5 Å². The minimum Gasteiger partial charge on any atom is -0.366 e. The Morgan fingerprint density at radius 2 is 1.92 bits per heavy atom. The second-order valence-electron chi connectivity index (χ2n) is 6.12. The summed E-state index contributed by atoms with van der Waals surface area (Å²) in [5, 5.41) is 0. The summed E-state index contributed by atoms with van der Waals surface area (Å²) in [4.78, 5) is 25.3. The number of halogens is 1. The molecule has 2 amide bonds. The largest absolute Gasteiger partial charge is 0.366 e. The number of nitrogens with two attached hydrogens (primary N) is 1. The fourth-order valence-corrected chi connectivity index (χ4v) is 3.11. The molecule has 0 radical (unpaired) electrons. The number of primary amides is 1. The fourth-order valence-electron chi connectivity index (χ4n) is 3.11. The van der Waals surface area contributed by atoms with Gasteiger partial charge in [0.2, 0.25) is 11.8 Å². The number of nitrogens with zero attached hydrogens (tertiary/aromatic N) is 1. The molecule has 0 bridgehead atoms. The number of amides is 2. The fraction of sp³-hybridized carbons (Fsp3) is 0.200. The lowest BCUT2D eigenvalue weighted by Gasteiger charge is -2.34. The van der Waals surface area contributed by atoms with Crippen molar-refractivity contribution in [3.05, 3.63) is 76.6 Å². The number of benzene rings is 2. The summed E-state index contributed by atoms with van der Waals surface area (Å²) < 4.78 is 13.5. The van der Waals surface area contributed by atoms with Crippen molar-refractivity contribution in [1.82, 2.24) is 4.90 Å². The number of hydrogen-bond acceptors (Lipinski definition) is 2. The van der Waals surface area contributed by atoms with Crippen LogP contribution in [0.2, 0.25) is 0 Å². The molecule has 1 aliphatic rings. The van der Waals surface area contributed by atoms with Crippen LogP contribution in [0, 0.1) is 5.82 Å². The first-order chi connectivity index (χ1) is 12.0. The summed E-state index contributed by atoms with van der Waals surface area (Å²) in [6, 6.07) is 11.3. The molecule has 2 aromatic carbocycles. The minimum atomic E-state index is -0.486. The van der Waals surface area contributed by atoms with Crippen LogP contribution in [0.4, 0.5) is 4.39 Å². The summed E-state index contributed by atoms with van der Waals surface area (Å²) in [7, 11) is 0. The number of carbonyl (C=O) groups is 2. The van der Waals surface area contributed by atoms with Crippen molar-refractivity contribution in [3.8, 4) is 0 Å². The van der Waals surface area contributed by atoms with E-state index in [0.717, 1.165) is 16.7 Å². The Morgan fingerprint density at radius 3 is 2.60 bits per heavy atom. The van der Waals surface area contributed by atoms with Gasteiger partial charge in [0.05, 0.1) is 6.04 Å².